The second-order valence-electron chi connectivity index (χ2n) is 10.1. The van der Waals surface area contributed by atoms with Crippen LogP contribution in [0.25, 0.3) is 0 Å². The second-order valence-corrected chi connectivity index (χ2v) is 11.0. The van der Waals surface area contributed by atoms with Gasteiger partial charge >= 0.3 is 0 Å². The van der Waals surface area contributed by atoms with Crippen LogP contribution in [-0.2, 0) is 33.8 Å². The van der Waals surface area contributed by atoms with Gasteiger partial charge in [0.2, 0.25) is 5.91 Å². The molecule has 2 amide bonds. The molecule has 6 nitrogen and oxygen atoms in total. The molecule has 8 heteroatoms. The molecule has 0 spiro atoms. The van der Waals surface area contributed by atoms with Gasteiger partial charge in [0.15, 0.2) is 0 Å². The summed E-state index contributed by atoms with van der Waals surface area (Å²) in [5, 5.41) is 1.40. The number of aryl methyl sites for hydroxylation is 1. The Morgan fingerprint density at radius 2 is 1.52 bits per heavy atom. The molecular weight excluding hydrogens is 545 g/mol. The Morgan fingerprint density at radius 3 is 2.27 bits per heavy atom. The van der Waals surface area contributed by atoms with Gasteiger partial charge in [0.25, 0.3) is 5.91 Å². The molecular formula is C32H37Cl2N3O3. The van der Waals surface area contributed by atoms with Crippen molar-refractivity contribution >= 4 is 40.7 Å². The lowest BCUT2D eigenvalue weighted by Gasteiger charge is -2.31. The third kappa shape index (κ3) is 8.55. The van der Waals surface area contributed by atoms with E-state index < -0.39 is 0 Å². The molecule has 1 aliphatic heterocycles. The highest BCUT2D eigenvalue weighted by Crippen LogP contribution is 2.25. The zero-order chi connectivity index (χ0) is 28.3. The Morgan fingerprint density at radius 1 is 0.825 bits per heavy atom. The van der Waals surface area contributed by atoms with Crippen LogP contribution < -0.4 is 4.90 Å². The van der Waals surface area contributed by atoms with Crippen LogP contribution in [0.3, 0.4) is 0 Å². The minimum absolute atomic E-state index is 0.00328. The van der Waals surface area contributed by atoms with E-state index in [0.29, 0.717) is 42.5 Å². The molecule has 0 saturated heterocycles. The molecule has 3 aromatic carbocycles. The fraction of sp³-hybridized carbons (Fsp3) is 0.375. The highest BCUT2D eigenvalue weighted by Gasteiger charge is 2.23. The van der Waals surface area contributed by atoms with Crippen molar-refractivity contribution < 1.29 is 14.3 Å². The largest absolute Gasteiger partial charge is 0.375 e. The second kappa shape index (κ2) is 15.2. The summed E-state index contributed by atoms with van der Waals surface area (Å²) in [5.74, 6) is -0.0151. The average Bonchev–Trinajstić information content (AvgIpc) is 2.95. The molecule has 1 aliphatic rings. The summed E-state index contributed by atoms with van der Waals surface area (Å²) < 4.78 is 5.21. The molecule has 0 atom stereocenters. The Hall–Kier alpha value is -2.90. The molecule has 0 fully saturated rings. The van der Waals surface area contributed by atoms with Crippen LogP contribution in [0.4, 0.5) is 5.69 Å². The summed E-state index contributed by atoms with van der Waals surface area (Å²) in [6.07, 6.45) is 2.61. The van der Waals surface area contributed by atoms with E-state index in [4.69, 9.17) is 27.9 Å². The summed E-state index contributed by atoms with van der Waals surface area (Å²) in [4.78, 5) is 32.9. The van der Waals surface area contributed by atoms with Crippen LogP contribution in [0.5, 0.6) is 0 Å². The lowest BCUT2D eigenvalue weighted by atomic mass is 10.1. The summed E-state index contributed by atoms with van der Waals surface area (Å²) in [6.45, 7) is 4.07. The third-order valence-electron chi connectivity index (χ3n) is 7.21. The first-order chi connectivity index (χ1) is 19.4. The number of carbonyl (C=O) groups is 2. The number of carbonyl (C=O) groups excluding carboxylic acids is 2. The number of hydrogen-bond acceptors (Lipinski definition) is 4. The number of benzene rings is 3. The number of hydrogen-bond donors (Lipinski definition) is 0. The Kier molecular flexibility index (Phi) is 11.4. The maximum atomic E-state index is 13.6. The van der Waals surface area contributed by atoms with Crippen molar-refractivity contribution in [3.05, 3.63) is 99.5 Å². The molecule has 0 N–H and O–H groups in total. The highest BCUT2D eigenvalue weighted by atomic mass is 35.5. The SMILES string of the molecule is COCC(=O)N1CCCN(Cc2ccc(Cl)cc2)CCCN(C(=O)CCc2ccccc2Cl)Cc2ccccc21. The van der Waals surface area contributed by atoms with Crippen molar-refractivity contribution in [2.24, 2.45) is 0 Å². The first kappa shape index (κ1) is 30.1. The van der Waals surface area contributed by atoms with Crippen LogP contribution in [-0.4, -0.2) is 61.5 Å². The van der Waals surface area contributed by atoms with Crippen molar-refractivity contribution in [3.63, 3.8) is 0 Å². The van der Waals surface area contributed by atoms with Gasteiger partial charge in [-0.15, -0.1) is 0 Å². The molecule has 0 saturated carbocycles. The minimum Gasteiger partial charge on any atom is -0.375 e. The highest BCUT2D eigenvalue weighted by molar-refractivity contribution is 6.31. The summed E-state index contributed by atoms with van der Waals surface area (Å²) >= 11 is 12.5. The quantitative estimate of drug-likeness (QED) is 0.332. The van der Waals surface area contributed by atoms with Gasteiger partial charge in [-0.05, 0) is 60.2 Å². The standard InChI is InChI=1S/C32H37Cl2N3O3/c1-40-24-32(39)37-21-7-19-35(22-25-12-15-28(33)16-13-25)18-6-20-36(23-27-9-3-5-11-30(27)37)31(38)17-14-26-8-2-4-10-29(26)34/h2-5,8-13,15-16H,6-7,14,17-24H2,1H3. The number of para-hydroxylation sites is 1. The van der Waals surface area contributed by atoms with Crippen molar-refractivity contribution in [1.29, 1.82) is 0 Å². The molecule has 212 valence electrons. The van der Waals surface area contributed by atoms with E-state index in [-0.39, 0.29) is 18.4 Å². The van der Waals surface area contributed by atoms with Gasteiger partial charge in [-0.25, -0.2) is 0 Å². The van der Waals surface area contributed by atoms with Gasteiger partial charge in [0.05, 0.1) is 0 Å². The van der Waals surface area contributed by atoms with Gasteiger partial charge in [-0.1, -0.05) is 71.7 Å². The van der Waals surface area contributed by atoms with E-state index in [1.807, 2.05) is 82.6 Å². The third-order valence-corrected chi connectivity index (χ3v) is 7.83. The maximum absolute atomic E-state index is 13.6. The lowest BCUT2D eigenvalue weighted by Crippen LogP contribution is -2.40. The summed E-state index contributed by atoms with van der Waals surface area (Å²) in [5.41, 5.74) is 3.94. The van der Waals surface area contributed by atoms with E-state index in [1.54, 1.807) is 0 Å². The lowest BCUT2D eigenvalue weighted by molar-refractivity contribution is -0.131. The van der Waals surface area contributed by atoms with Crippen LogP contribution in [0, 0.1) is 0 Å². The monoisotopic (exact) mass is 581 g/mol. The molecule has 0 aliphatic carbocycles. The zero-order valence-electron chi connectivity index (χ0n) is 23.0. The number of halogens is 2. The van der Waals surface area contributed by atoms with Gasteiger partial charge in [-0.3, -0.25) is 14.5 Å². The van der Waals surface area contributed by atoms with E-state index in [9.17, 15) is 9.59 Å². The Labute approximate surface area is 247 Å². The molecule has 3 aromatic rings. The van der Waals surface area contributed by atoms with E-state index in [0.717, 1.165) is 49.3 Å². The van der Waals surface area contributed by atoms with Crippen molar-refractivity contribution in [3.8, 4) is 0 Å². The number of rotatable bonds is 7. The number of ether oxygens (including phenoxy) is 1. The summed E-state index contributed by atoms with van der Waals surface area (Å²) in [7, 11) is 1.54. The predicted molar refractivity (Wildman–Crippen MR) is 162 cm³/mol. The van der Waals surface area contributed by atoms with Crippen LogP contribution >= 0.6 is 23.2 Å². The molecule has 0 radical (unpaired) electrons. The van der Waals surface area contributed by atoms with Gasteiger partial charge in [0.1, 0.15) is 6.61 Å². The first-order valence-corrected chi connectivity index (χ1v) is 14.6. The number of nitrogens with zero attached hydrogens (tertiary/aromatic N) is 3. The molecule has 0 bridgehead atoms. The van der Waals surface area contributed by atoms with Gasteiger partial charge < -0.3 is 14.5 Å². The molecule has 1 heterocycles. The van der Waals surface area contributed by atoms with E-state index >= 15 is 0 Å². The number of fused-ring (bicyclic) bond motifs is 1. The molecule has 4 rings (SSSR count). The van der Waals surface area contributed by atoms with Gasteiger partial charge in [-0.2, -0.15) is 0 Å². The predicted octanol–water partition coefficient (Wildman–Crippen LogP) is 6.23. The molecule has 40 heavy (non-hydrogen) atoms. The smallest absolute Gasteiger partial charge is 0.252 e. The maximum Gasteiger partial charge on any atom is 0.252 e. The fourth-order valence-electron chi connectivity index (χ4n) is 5.14. The Balaban J connectivity index is 1.57. The van der Waals surface area contributed by atoms with Crippen LogP contribution in [0.15, 0.2) is 72.8 Å². The van der Waals surface area contributed by atoms with Crippen molar-refractivity contribution in [1.82, 2.24) is 9.80 Å². The topological polar surface area (TPSA) is 53.1 Å². The van der Waals surface area contributed by atoms with E-state index in [1.165, 1.54) is 12.7 Å². The first-order valence-electron chi connectivity index (χ1n) is 13.8. The number of amides is 2. The van der Waals surface area contributed by atoms with Crippen molar-refractivity contribution in [2.45, 2.75) is 38.8 Å². The van der Waals surface area contributed by atoms with Crippen molar-refractivity contribution in [2.75, 3.05) is 44.8 Å². The number of anilines is 1. The normalized spacial score (nSPS) is 15.2. The number of methoxy groups -OCH3 is 1. The molecule has 0 aromatic heterocycles. The van der Waals surface area contributed by atoms with E-state index in [2.05, 4.69) is 4.90 Å². The van der Waals surface area contributed by atoms with Gasteiger partial charge in [0, 0.05) is 68.5 Å². The fourth-order valence-corrected chi connectivity index (χ4v) is 5.50. The zero-order valence-corrected chi connectivity index (χ0v) is 24.5. The summed E-state index contributed by atoms with van der Waals surface area (Å²) in [6, 6.07) is 23.5. The average molecular weight is 583 g/mol. The van der Waals surface area contributed by atoms with Crippen LogP contribution in [0.1, 0.15) is 36.0 Å². The Bertz CT molecular complexity index is 1270. The minimum atomic E-state index is -0.0899. The van der Waals surface area contributed by atoms with Crippen LogP contribution in [0.2, 0.25) is 10.0 Å². The molecule has 0 unspecified atom stereocenters.